The van der Waals surface area contributed by atoms with Gasteiger partial charge in [-0.15, -0.1) is 10.2 Å². The van der Waals surface area contributed by atoms with Gasteiger partial charge in [0.1, 0.15) is 5.51 Å². The molecule has 1 N–H and O–H groups in total. The highest BCUT2D eigenvalue weighted by Crippen LogP contribution is 2.19. The van der Waals surface area contributed by atoms with Crippen molar-refractivity contribution in [2.24, 2.45) is 5.92 Å². The molecule has 1 aromatic heterocycles. The van der Waals surface area contributed by atoms with E-state index in [1.54, 1.807) is 5.51 Å². The number of anilines is 1. The molecule has 0 saturated carbocycles. The molecule has 0 radical (unpaired) electrons. The van der Waals surface area contributed by atoms with E-state index in [2.05, 4.69) is 15.5 Å². The fourth-order valence-corrected chi connectivity index (χ4v) is 3.10. The third-order valence-corrected chi connectivity index (χ3v) is 4.50. The van der Waals surface area contributed by atoms with Crippen LogP contribution >= 0.6 is 11.3 Å². The summed E-state index contributed by atoms with van der Waals surface area (Å²) in [5.41, 5.74) is 2.72. The first-order valence-electron chi connectivity index (χ1n) is 7.75. The van der Waals surface area contributed by atoms with E-state index < -0.39 is 0 Å². The summed E-state index contributed by atoms with van der Waals surface area (Å²) >= 11 is 1.32. The molecule has 7 heteroatoms. The summed E-state index contributed by atoms with van der Waals surface area (Å²) in [5.74, 6) is 0.479. The van der Waals surface area contributed by atoms with Crippen molar-refractivity contribution in [2.45, 2.75) is 19.4 Å². The number of nitrogens with zero attached hydrogens (tertiary/aromatic N) is 3. The quantitative estimate of drug-likeness (QED) is 0.914. The first kappa shape index (κ1) is 15.9. The number of nitrogens with one attached hydrogen (secondary N) is 1. The van der Waals surface area contributed by atoms with Crippen LogP contribution in [-0.4, -0.2) is 40.9 Å². The molecule has 0 bridgehead atoms. The Bertz CT molecular complexity index is 600. The summed E-state index contributed by atoms with van der Waals surface area (Å²) in [6, 6.07) is 9.91. The van der Waals surface area contributed by atoms with E-state index in [0.29, 0.717) is 17.6 Å². The number of amides is 2. The Kier molecular flexibility index (Phi) is 5.55. The molecule has 2 aromatic rings. The zero-order chi connectivity index (χ0) is 15.9. The molecule has 3 rings (SSSR count). The van der Waals surface area contributed by atoms with Crippen LogP contribution < -0.4 is 5.32 Å². The highest BCUT2D eigenvalue weighted by Gasteiger charge is 2.22. The van der Waals surface area contributed by atoms with Gasteiger partial charge in [0.05, 0.1) is 0 Å². The molecule has 0 unspecified atom stereocenters. The van der Waals surface area contributed by atoms with Crippen LogP contribution in [0.3, 0.4) is 0 Å². The lowest BCUT2D eigenvalue weighted by molar-refractivity contribution is 0.0564. The summed E-state index contributed by atoms with van der Waals surface area (Å²) < 4.78 is 5.41. The second kappa shape index (κ2) is 8.03. The number of urea groups is 1. The second-order valence-electron chi connectivity index (χ2n) is 5.60. The fraction of sp³-hybridized carbons (Fsp3) is 0.438. The van der Waals surface area contributed by atoms with Crippen LogP contribution in [0.4, 0.5) is 9.93 Å². The number of aromatic nitrogens is 2. The Morgan fingerprint density at radius 2 is 2.09 bits per heavy atom. The molecule has 0 spiro atoms. The van der Waals surface area contributed by atoms with Crippen molar-refractivity contribution < 1.29 is 9.53 Å². The van der Waals surface area contributed by atoms with Crippen molar-refractivity contribution in [2.75, 3.05) is 25.1 Å². The van der Waals surface area contributed by atoms with Gasteiger partial charge in [-0.1, -0.05) is 41.7 Å². The van der Waals surface area contributed by atoms with Gasteiger partial charge in [-0.2, -0.15) is 0 Å². The number of ether oxygens (including phenoxy) is 1. The van der Waals surface area contributed by atoms with Crippen molar-refractivity contribution in [3.8, 4) is 0 Å². The Balaban J connectivity index is 1.67. The minimum Gasteiger partial charge on any atom is -0.381 e. The summed E-state index contributed by atoms with van der Waals surface area (Å²) in [6.07, 6.45) is 1.99. The van der Waals surface area contributed by atoms with Gasteiger partial charge in [0.15, 0.2) is 0 Å². The van der Waals surface area contributed by atoms with E-state index in [-0.39, 0.29) is 6.03 Å². The van der Waals surface area contributed by atoms with Crippen molar-refractivity contribution >= 4 is 22.5 Å². The van der Waals surface area contributed by atoms with Gasteiger partial charge < -0.3 is 9.64 Å². The highest BCUT2D eigenvalue weighted by atomic mass is 32.1. The van der Waals surface area contributed by atoms with E-state index in [4.69, 9.17) is 4.74 Å². The van der Waals surface area contributed by atoms with Gasteiger partial charge in [0.2, 0.25) is 5.13 Å². The van der Waals surface area contributed by atoms with Gasteiger partial charge in [-0.05, 0) is 24.3 Å². The molecule has 1 saturated heterocycles. The molecule has 0 atom stereocenters. The Morgan fingerprint density at radius 3 is 2.78 bits per heavy atom. The van der Waals surface area contributed by atoms with E-state index in [1.807, 2.05) is 35.2 Å². The molecule has 2 heterocycles. The molecule has 1 aliphatic heterocycles. The SMILES string of the molecule is O=C(Nc1nncs1)N(Cc1ccccc1)CC1CCOCC1. The van der Waals surface area contributed by atoms with Crippen LogP contribution in [0.2, 0.25) is 0 Å². The first-order valence-corrected chi connectivity index (χ1v) is 8.63. The van der Waals surface area contributed by atoms with Crippen molar-refractivity contribution in [1.82, 2.24) is 15.1 Å². The Hall–Kier alpha value is -1.99. The molecule has 122 valence electrons. The summed E-state index contributed by atoms with van der Waals surface area (Å²) in [5, 5.41) is 11.0. The molecule has 1 aliphatic rings. The third-order valence-electron chi connectivity index (χ3n) is 3.90. The summed E-state index contributed by atoms with van der Waals surface area (Å²) in [4.78, 5) is 14.5. The maximum Gasteiger partial charge on any atom is 0.324 e. The maximum absolute atomic E-state index is 12.6. The van der Waals surface area contributed by atoms with Gasteiger partial charge >= 0.3 is 6.03 Å². The van der Waals surface area contributed by atoms with Crippen LogP contribution in [0.25, 0.3) is 0 Å². The van der Waals surface area contributed by atoms with Gasteiger partial charge in [0.25, 0.3) is 0 Å². The second-order valence-corrected chi connectivity index (χ2v) is 6.43. The van der Waals surface area contributed by atoms with Crippen LogP contribution in [0.15, 0.2) is 35.8 Å². The number of benzene rings is 1. The Labute approximate surface area is 139 Å². The Morgan fingerprint density at radius 1 is 1.30 bits per heavy atom. The van der Waals surface area contributed by atoms with Crippen LogP contribution in [0, 0.1) is 5.92 Å². The van der Waals surface area contributed by atoms with Crippen LogP contribution in [0.1, 0.15) is 18.4 Å². The molecule has 1 fully saturated rings. The lowest BCUT2D eigenvalue weighted by Gasteiger charge is -2.29. The number of carbonyl (C=O) groups is 1. The number of hydrogen-bond donors (Lipinski definition) is 1. The topological polar surface area (TPSA) is 67.4 Å². The predicted molar refractivity (Wildman–Crippen MR) is 89.3 cm³/mol. The molecular formula is C16H20N4O2S. The summed E-state index contributed by atoms with van der Waals surface area (Å²) in [7, 11) is 0. The van der Waals surface area contributed by atoms with E-state index in [0.717, 1.165) is 38.2 Å². The van der Waals surface area contributed by atoms with Gasteiger partial charge in [0, 0.05) is 26.3 Å². The lowest BCUT2D eigenvalue weighted by Crippen LogP contribution is -2.39. The summed E-state index contributed by atoms with van der Waals surface area (Å²) in [6.45, 7) is 2.87. The predicted octanol–water partition coefficient (Wildman–Crippen LogP) is 3.00. The monoisotopic (exact) mass is 332 g/mol. The van der Waals surface area contributed by atoms with Gasteiger partial charge in [-0.25, -0.2) is 4.79 Å². The number of hydrogen-bond acceptors (Lipinski definition) is 5. The standard InChI is InChI=1S/C16H20N4O2S/c21-16(18-15-19-17-12-23-15)20(10-13-4-2-1-3-5-13)11-14-6-8-22-9-7-14/h1-5,12,14H,6-11H2,(H,18,19,21). The minimum atomic E-state index is -0.128. The maximum atomic E-state index is 12.6. The third kappa shape index (κ3) is 4.74. The number of rotatable bonds is 5. The lowest BCUT2D eigenvalue weighted by atomic mass is 9.99. The van der Waals surface area contributed by atoms with E-state index >= 15 is 0 Å². The fourth-order valence-electron chi connectivity index (χ4n) is 2.66. The van der Waals surface area contributed by atoms with E-state index in [1.165, 1.54) is 11.3 Å². The highest BCUT2D eigenvalue weighted by molar-refractivity contribution is 7.13. The molecule has 2 amide bonds. The van der Waals surface area contributed by atoms with Crippen molar-refractivity contribution in [1.29, 1.82) is 0 Å². The van der Waals surface area contributed by atoms with Crippen LogP contribution in [-0.2, 0) is 11.3 Å². The zero-order valence-corrected chi connectivity index (χ0v) is 13.7. The number of carbonyl (C=O) groups excluding carboxylic acids is 1. The largest absolute Gasteiger partial charge is 0.381 e. The minimum absolute atomic E-state index is 0.128. The molecule has 1 aromatic carbocycles. The van der Waals surface area contributed by atoms with Gasteiger partial charge in [-0.3, -0.25) is 5.32 Å². The smallest absolute Gasteiger partial charge is 0.324 e. The van der Waals surface area contributed by atoms with E-state index in [9.17, 15) is 4.79 Å². The van der Waals surface area contributed by atoms with Crippen molar-refractivity contribution in [3.05, 3.63) is 41.4 Å². The average Bonchev–Trinajstić information content (AvgIpc) is 3.09. The van der Waals surface area contributed by atoms with Crippen LogP contribution in [0.5, 0.6) is 0 Å². The molecule has 23 heavy (non-hydrogen) atoms. The zero-order valence-electron chi connectivity index (χ0n) is 12.9. The first-order chi connectivity index (χ1) is 11.3. The molecule has 0 aliphatic carbocycles. The van der Waals surface area contributed by atoms with Crippen molar-refractivity contribution in [3.63, 3.8) is 0 Å². The molecule has 6 nitrogen and oxygen atoms in total. The normalized spacial score (nSPS) is 15.3. The molecular weight excluding hydrogens is 312 g/mol. The average molecular weight is 332 g/mol.